The lowest BCUT2D eigenvalue weighted by atomic mass is 10.0. The van der Waals surface area contributed by atoms with Crippen LogP contribution in [0.2, 0.25) is 0 Å². The number of aromatic amines is 1. The summed E-state index contributed by atoms with van der Waals surface area (Å²) < 4.78 is 2.33. The summed E-state index contributed by atoms with van der Waals surface area (Å²) >= 11 is 0. The van der Waals surface area contributed by atoms with Gasteiger partial charge in [-0.05, 0) is 53.7 Å². The summed E-state index contributed by atoms with van der Waals surface area (Å²) in [4.78, 5) is 21.0. The third-order valence-electron chi connectivity index (χ3n) is 7.29. The van der Waals surface area contributed by atoms with Gasteiger partial charge in [0.15, 0.2) is 0 Å². The number of carbonyl (C=O) groups is 1. The SMILES string of the molecule is O=C(C=Cc1ccc2c(c1)CCC2N(CCO)CCc1cn(CCc2cnc[nH]2)c2ccccc12)NO. The number of aromatic nitrogens is 3. The van der Waals surface area contributed by atoms with Gasteiger partial charge in [-0.25, -0.2) is 10.5 Å². The second-order valence-electron chi connectivity index (χ2n) is 9.52. The highest BCUT2D eigenvalue weighted by Gasteiger charge is 2.28. The zero-order chi connectivity index (χ0) is 25.6. The highest BCUT2D eigenvalue weighted by molar-refractivity contribution is 5.90. The highest BCUT2D eigenvalue weighted by atomic mass is 16.5. The van der Waals surface area contributed by atoms with E-state index in [-0.39, 0.29) is 12.6 Å². The molecule has 4 N–H and O–H groups in total. The van der Waals surface area contributed by atoms with Crippen LogP contribution in [0.1, 0.15) is 40.4 Å². The number of carbonyl (C=O) groups excluding carboxylic acids is 1. The molecule has 0 saturated heterocycles. The molecule has 8 nitrogen and oxygen atoms in total. The first-order chi connectivity index (χ1) is 18.2. The Morgan fingerprint density at radius 1 is 1.22 bits per heavy atom. The smallest absolute Gasteiger partial charge is 0.267 e. The second kappa shape index (κ2) is 11.6. The fourth-order valence-corrected chi connectivity index (χ4v) is 5.49. The van der Waals surface area contributed by atoms with Gasteiger partial charge in [-0.2, -0.15) is 0 Å². The molecule has 0 fully saturated rings. The summed E-state index contributed by atoms with van der Waals surface area (Å²) in [5.74, 6) is -0.546. The third kappa shape index (κ3) is 5.67. The van der Waals surface area contributed by atoms with Crippen molar-refractivity contribution in [3.05, 3.63) is 95.2 Å². The van der Waals surface area contributed by atoms with Crippen LogP contribution in [-0.2, 0) is 30.6 Å². The van der Waals surface area contributed by atoms with Crippen molar-refractivity contribution in [2.24, 2.45) is 0 Å². The second-order valence-corrected chi connectivity index (χ2v) is 9.52. The van der Waals surface area contributed by atoms with Gasteiger partial charge in [0.1, 0.15) is 0 Å². The van der Waals surface area contributed by atoms with Crippen molar-refractivity contribution in [2.45, 2.75) is 38.3 Å². The topological polar surface area (TPSA) is 106 Å². The molecule has 192 valence electrons. The van der Waals surface area contributed by atoms with Crippen molar-refractivity contribution >= 4 is 22.9 Å². The number of hydrogen-bond donors (Lipinski definition) is 4. The fourth-order valence-electron chi connectivity index (χ4n) is 5.49. The van der Waals surface area contributed by atoms with Gasteiger partial charge in [0.2, 0.25) is 0 Å². The van der Waals surface area contributed by atoms with Crippen LogP contribution in [-0.4, -0.2) is 55.4 Å². The molecule has 1 atom stereocenters. The van der Waals surface area contributed by atoms with Crippen LogP contribution in [0.3, 0.4) is 0 Å². The number of rotatable bonds is 11. The summed E-state index contributed by atoms with van der Waals surface area (Å²) in [6.07, 6.45) is 12.7. The molecule has 0 aliphatic heterocycles. The largest absolute Gasteiger partial charge is 0.395 e. The van der Waals surface area contributed by atoms with Crippen LogP contribution in [0, 0.1) is 0 Å². The number of benzene rings is 2. The number of hydrogen-bond acceptors (Lipinski definition) is 5. The van der Waals surface area contributed by atoms with Gasteiger partial charge in [-0.3, -0.25) is 14.9 Å². The Morgan fingerprint density at radius 3 is 2.92 bits per heavy atom. The van der Waals surface area contributed by atoms with E-state index >= 15 is 0 Å². The minimum Gasteiger partial charge on any atom is -0.395 e. The zero-order valence-corrected chi connectivity index (χ0v) is 20.8. The van der Waals surface area contributed by atoms with E-state index in [0.29, 0.717) is 6.54 Å². The number of fused-ring (bicyclic) bond motifs is 2. The molecule has 1 aliphatic carbocycles. The number of para-hydroxylation sites is 1. The Kier molecular flexibility index (Phi) is 7.79. The number of aliphatic hydroxyl groups excluding tert-OH is 1. The van der Waals surface area contributed by atoms with Gasteiger partial charge in [0.05, 0.1) is 12.9 Å². The molecule has 2 heterocycles. The summed E-state index contributed by atoms with van der Waals surface area (Å²) in [6.45, 7) is 2.49. The van der Waals surface area contributed by atoms with Crippen molar-refractivity contribution in [2.75, 3.05) is 19.7 Å². The van der Waals surface area contributed by atoms with Crippen LogP contribution in [0.15, 0.2) is 67.3 Å². The van der Waals surface area contributed by atoms with Crippen molar-refractivity contribution in [3.63, 3.8) is 0 Å². The van der Waals surface area contributed by atoms with Gasteiger partial charge in [-0.15, -0.1) is 0 Å². The molecule has 2 aromatic carbocycles. The first kappa shape index (κ1) is 25.0. The van der Waals surface area contributed by atoms with E-state index in [1.54, 1.807) is 17.9 Å². The molecule has 0 spiro atoms. The van der Waals surface area contributed by atoms with Gasteiger partial charge >= 0.3 is 0 Å². The number of imidazole rings is 1. The lowest BCUT2D eigenvalue weighted by Gasteiger charge is -2.29. The zero-order valence-electron chi connectivity index (χ0n) is 20.8. The van der Waals surface area contributed by atoms with Gasteiger partial charge in [0, 0.05) is 67.2 Å². The van der Waals surface area contributed by atoms with Crippen LogP contribution >= 0.6 is 0 Å². The molecule has 5 rings (SSSR count). The molecule has 0 saturated carbocycles. The van der Waals surface area contributed by atoms with Crippen molar-refractivity contribution in [1.82, 2.24) is 24.9 Å². The van der Waals surface area contributed by atoms with Crippen LogP contribution < -0.4 is 5.48 Å². The maximum atomic E-state index is 11.3. The molecule has 4 aromatic rings. The van der Waals surface area contributed by atoms with E-state index in [2.05, 4.69) is 62.0 Å². The molecular formula is C29H33N5O3. The molecule has 2 aromatic heterocycles. The maximum absolute atomic E-state index is 11.3. The van der Waals surface area contributed by atoms with Crippen LogP contribution in [0.25, 0.3) is 17.0 Å². The number of aryl methyl sites for hydroxylation is 3. The summed E-state index contributed by atoms with van der Waals surface area (Å²) in [6, 6.07) is 15.1. The molecule has 37 heavy (non-hydrogen) atoms. The molecule has 1 amide bonds. The minimum absolute atomic E-state index is 0.120. The first-order valence-corrected chi connectivity index (χ1v) is 12.8. The minimum atomic E-state index is -0.546. The Morgan fingerprint density at radius 2 is 2.11 bits per heavy atom. The predicted octanol–water partition coefficient (Wildman–Crippen LogP) is 3.65. The number of aliphatic hydroxyl groups is 1. The number of amides is 1. The Balaban J connectivity index is 1.31. The Labute approximate surface area is 216 Å². The maximum Gasteiger partial charge on any atom is 0.267 e. The lowest BCUT2D eigenvalue weighted by molar-refractivity contribution is -0.124. The average molecular weight is 500 g/mol. The Bertz CT molecular complexity index is 1380. The summed E-state index contributed by atoms with van der Waals surface area (Å²) in [7, 11) is 0. The third-order valence-corrected chi connectivity index (χ3v) is 7.29. The number of H-pyrrole nitrogens is 1. The van der Waals surface area contributed by atoms with E-state index in [0.717, 1.165) is 50.0 Å². The quantitative estimate of drug-likeness (QED) is 0.143. The number of nitrogens with zero attached hydrogens (tertiary/aromatic N) is 3. The van der Waals surface area contributed by atoms with E-state index in [1.807, 2.05) is 12.3 Å². The molecule has 0 bridgehead atoms. The summed E-state index contributed by atoms with van der Waals surface area (Å²) in [5.41, 5.74) is 8.80. The van der Waals surface area contributed by atoms with E-state index in [4.69, 9.17) is 5.21 Å². The van der Waals surface area contributed by atoms with Crippen molar-refractivity contribution in [1.29, 1.82) is 0 Å². The standard InChI is InChI=1S/C29H33N5O3/c35-16-15-33(28-9-7-22-17-21(5-8-26(22)28)6-10-29(36)32-37)13-11-23-19-34(14-12-24-18-30-20-31-24)27-4-2-1-3-25(23)27/h1-6,8,10,17-20,28,35,37H,7,9,11-16H2,(H,30,31)(H,32,36). The van der Waals surface area contributed by atoms with Crippen LogP contribution in [0.5, 0.6) is 0 Å². The van der Waals surface area contributed by atoms with E-state index in [1.165, 1.54) is 33.7 Å². The highest BCUT2D eigenvalue weighted by Crippen LogP contribution is 2.36. The number of hydroxylamine groups is 1. The van der Waals surface area contributed by atoms with E-state index < -0.39 is 5.91 Å². The molecule has 1 unspecified atom stereocenters. The van der Waals surface area contributed by atoms with E-state index in [9.17, 15) is 9.90 Å². The molecule has 1 aliphatic rings. The summed E-state index contributed by atoms with van der Waals surface area (Å²) in [5, 5.41) is 19.8. The predicted molar refractivity (Wildman–Crippen MR) is 143 cm³/mol. The Hall–Kier alpha value is -3.72. The first-order valence-electron chi connectivity index (χ1n) is 12.8. The normalized spacial score (nSPS) is 15.2. The monoisotopic (exact) mass is 499 g/mol. The molecule has 0 radical (unpaired) electrons. The number of nitrogens with one attached hydrogen (secondary N) is 2. The molecule has 8 heteroatoms. The van der Waals surface area contributed by atoms with Gasteiger partial charge in [0.25, 0.3) is 5.91 Å². The van der Waals surface area contributed by atoms with Gasteiger partial charge in [-0.1, -0.05) is 36.4 Å². The van der Waals surface area contributed by atoms with Gasteiger partial charge < -0.3 is 14.7 Å². The lowest BCUT2D eigenvalue weighted by Crippen LogP contribution is -2.32. The average Bonchev–Trinajstić information content (AvgIpc) is 3.67. The fraction of sp³-hybridized carbons (Fsp3) is 0.310. The van der Waals surface area contributed by atoms with Crippen LogP contribution in [0.4, 0.5) is 0 Å². The van der Waals surface area contributed by atoms with Crippen molar-refractivity contribution < 1.29 is 15.1 Å². The van der Waals surface area contributed by atoms with Crippen molar-refractivity contribution in [3.8, 4) is 0 Å². The molecular weight excluding hydrogens is 466 g/mol.